The van der Waals surface area contributed by atoms with Gasteiger partial charge in [-0.25, -0.2) is 0 Å². The van der Waals surface area contributed by atoms with E-state index in [1.165, 1.54) is 11.1 Å². The molecule has 1 heterocycles. The molecule has 0 atom stereocenters. The SMILES string of the molecule is COc1ccc2[nH]c(-c3ccc(C(C)C)cc3)c(CCNC(C)=O)c2c1. The molecule has 3 rings (SSSR count). The highest BCUT2D eigenvalue weighted by molar-refractivity contribution is 5.92. The Hall–Kier alpha value is -2.75. The molecule has 0 unspecified atom stereocenters. The number of H-pyrrole nitrogens is 1. The Labute approximate surface area is 154 Å². The van der Waals surface area contributed by atoms with Crippen molar-refractivity contribution in [3.05, 3.63) is 53.6 Å². The van der Waals surface area contributed by atoms with Gasteiger partial charge in [0.25, 0.3) is 0 Å². The van der Waals surface area contributed by atoms with Crippen molar-refractivity contribution in [2.24, 2.45) is 0 Å². The molecule has 0 saturated heterocycles. The van der Waals surface area contributed by atoms with Crippen molar-refractivity contribution in [2.75, 3.05) is 13.7 Å². The Bertz CT molecular complexity index is 908. The number of fused-ring (bicyclic) bond motifs is 1. The Morgan fingerprint density at radius 2 is 1.88 bits per heavy atom. The highest BCUT2D eigenvalue weighted by Crippen LogP contribution is 2.33. The van der Waals surface area contributed by atoms with Crippen LogP contribution < -0.4 is 10.1 Å². The van der Waals surface area contributed by atoms with E-state index in [-0.39, 0.29) is 5.91 Å². The van der Waals surface area contributed by atoms with Crippen LogP contribution in [0, 0.1) is 0 Å². The number of hydrogen-bond donors (Lipinski definition) is 2. The lowest BCUT2D eigenvalue weighted by atomic mass is 9.98. The second kappa shape index (κ2) is 7.65. The minimum atomic E-state index is -0.00902. The van der Waals surface area contributed by atoms with Crippen molar-refractivity contribution in [3.63, 3.8) is 0 Å². The quantitative estimate of drug-likeness (QED) is 0.680. The fraction of sp³-hybridized carbons (Fsp3) is 0.318. The molecule has 0 aliphatic rings. The van der Waals surface area contributed by atoms with Gasteiger partial charge in [0.1, 0.15) is 5.75 Å². The topological polar surface area (TPSA) is 54.1 Å². The largest absolute Gasteiger partial charge is 0.497 e. The van der Waals surface area contributed by atoms with E-state index >= 15 is 0 Å². The third-order valence-electron chi connectivity index (χ3n) is 4.73. The van der Waals surface area contributed by atoms with Gasteiger partial charge in [-0.2, -0.15) is 0 Å². The summed E-state index contributed by atoms with van der Waals surface area (Å²) in [5.41, 5.74) is 5.86. The van der Waals surface area contributed by atoms with Gasteiger partial charge in [-0.15, -0.1) is 0 Å². The van der Waals surface area contributed by atoms with E-state index in [2.05, 4.69) is 54.5 Å². The second-order valence-electron chi connectivity index (χ2n) is 6.90. The van der Waals surface area contributed by atoms with Gasteiger partial charge >= 0.3 is 0 Å². The maximum Gasteiger partial charge on any atom is 0.216 e. The number of methoxy groups -OCH3 is 1. The van der Waals surface area contributed by atoms with Crippen molar-refractivity contribution in [1.29, 1.82) is 0 Å². The van der Waals surface area contributed by atoms with E-state index in [0.717, 1.165) is 34.3 Å². The molecule has 136 valence electrons. The number of amides is 1. The van der Waals surface area contributed by atoms with Gasteiger partial charge in [-0.1, -0.05) is 38.1 Å². The smallest absolute Gasteiger partial charge is 0.216 e. The molecular formula is C22H26N2O2. The Morgan fingerprint density at radius 1 is 1.15 bits per heavy atom. The molecule has 4 nitrogen and oxygen atoms in total. The van der Waals surface area contributed by atoms with Crippen molar-refractivity contribution in [2.45, 2.75) is 33.1 Å². The minimum absolute atomic E-state index is 0.00902. The maximum atomic E-state index is 11.3. The molecule has 4 heteroatoms. The van der Waals surface area contributed by atoms with E-state index in [4.69, 9.17) is 4.74 Å². The van der Waals surface area contributed by atoms with Crippen LogP contribution in [0.2, 0.25) is 0 Å². The molecule has 0 spiro atoms. The van der Waals surface area contributed by atoms with Gasteiger partial charge in [0.2, 0.25) is 5.91 Å². The van der Waals surface area contributed by atoms with Crippen molar-refractivity contribution < 1.29 is 9.53 Å². The number of carbonyl (C=O) groups excluding carboxylic acids is 1. The van der Waals surface area contributed by atoms with E-state index in [1.54, 1.807) is 14.0 Å². The monoisotopic (exact) mass is 350 g/mol. The fourth-order valence-corrected chi connectivity index (χ4v) is 3.26. The van der Waals surface area contributed by atoms with Crippen molar-refractivity contribution in [1.82, 2.24) is 10.3 Å². The summed E-state index contributed by atoms with van der Waals surface area (Å²) in [5.74, 6) is 1.33. The normalized spacial score (nSPS) is 11.1. The van der Waals surface area contributed by atoms with Crippen LogP contribution in [0.15, 0.2) is 42.5 Å². The zero-order valence-electron chi connectivity index (χ0n) is 15.8. The third-order valence-corrected chi connectivity index (χ3v) is 4.73. The summed E-state index contributed by atoms with van der Waals surface area (Å²) < 4.78 is 5.39. The number of rotatable bonds is 6. The summed E-state index contributed by atoms with van der Waals surface area (Å²) in [6.07, 6.45) is 0.758. The number of aromatic nitrogens is 1. The van der Waals surface area contributed by atoms with Crippen LogP contribution in [-0.4, -0.2) is 24.5 Å². The lowest BCUT2D eigenvalue weighted by Crippen LogP contribution is -2.22. The molecule has 1 aromatic heterocycles. The predicted octanol–water partition coefficient (Wildman–Crippen LogP) is 4.65. The second-order valence-corrected chi connectivity index (χ2v) is 6.90. The van der Waals surface area contributed by atoms with E-state index in [9.17, 15) is 4.79 Å². The number of carbonyl (C=O) groups is 1. The molecule has 0 radical (unpaired) electrons. The molecule has 1 amide bonds. The molecule has 3 aromatic rings. The number of benzene rings is 2. The average Bonchev–Trinajstić information content (AvgIpc) is 2.99. The van der Waals surface area contributed by atoms with Crippen LogP contribution in [0.3, 0.4) is 0 Å². The number of nitrogens with one attached hydrogen (secondary N) is 2. The van der Waals surface area contributed by atoms with E-state index in [0.29, 0.717) is 12.5 Å². The molecular weight excluding hydrogens is 324 g/mol. The molecule has 0 saturated carbocycles. The number of ether oxygens (including phenoxy) is 1. The van der Waals surface area contributed by atoms with Crippen LogP contribution in [0.5, 0.6) is 5.75 Å². The zero-order valence-corrected chi connectivity index (χ0v) is 15.8. The van der Waals surface area contributed by atoms with Crippen LogP contribution in [0.4, 0.5) is 0 Å². The summed E-state index contributed by atoms with van der Waals surface area (Å²) in [6, 6.07) is 14.8. The first-order chi connectivity index (χ1) is 12.5. The van der Waals surface area contributed by atoms with Crippen LogP contribution in [0.25, 0.3) is 22.2 Å². The standard InChI is InChI=1S/C22H26N2O2/c1-14(2)16-5-7-17(8-6-16)22-19(11-12-23-15(3)25)20-13-18(26-4)9-10-21(20)24-22/h5-10,13-14,24H,11-12H2,1-4H3,(H,23,25). The molecule has 2 aromatic carbocycles. The first-order valence-corrected chi connectivity index (χ1v) is 9.03. The predicted molar refractivity (Wildman–Crippen MR) is 107 cm³/mol. The van der Waals surface area contributed by atoms with Crippen molar-refractivity contribution in [3.8, 4) is 17.0 Å². The average molecular weight is 350 g/mol. The molecule has 0 bridgehead atoms. The summed E-state index contributed by atoms with van der Waals surface area (Å²) in [7, 11) is 1.68. The highest BCUT2D eigenvalue weighted by Gasteiger charge is 2.14. The number of aromatic amines is 1. The maximum absolute atomic E-state index is 11.3. The van der Waals surface area contributed by atoms with Gasteiger partial charge in [-0.05, 0) is 47.2 Å². The lowest BCUT2D eigenvalue weighted by Gasteiger charge is -2.09. The lowest BCUT2D eigenvalue weighted by molar-refractivity contribution is -0.118. The third kappa shape index (κ3) is 3.74. The van der Waals surface area contributed by atoms with Crippen LogP contribution in [-0.2, 0) is 11.2 Å². The highest BCUT2D eigenvalue weighted by atomic mass is 16.5. The van der Waals surface area contributed by atoms with Crippen LogP contribution in [0.1, 0.15) is 37.8 Å². The summed E-state index contributed by atoms with van der Waals surface area (Å²) in [5, 5.41) is 4.03. The summed E-state index contributed by atoms with van der Waals surface area (Å²) in [6.45, 7) is 6.55. The van der Waals surface area contributed by atoms with Gasteiger partial charge in [0, 0.05) is 30.1 Å². The Kier molecular flexibility index (Phi) is 5.31. The van der Waals surface area contributed by atoms with Gasteiger partial charge in [-0.3, -0.25) is 4.79 Å². The molecule has 0 aliphatic heterocycles. The van der Waals surface area contributed by atoms with Gasteiger partial charge < -0.3 is 15.0 Å². The minimum Gasteiger partial charge on any atom is -0.497 e. The summed E-state index contributed by atoms with van der Waals surface area (Å²) >= 11 is 0. The van der Waals surface area contributed by atoms with Crippen LogP contribution >= 0.6 is 0 Å². The molecule has 2 N–H and O–H groups in total. The number of hydrogen-bond acceptors (Lipinski definition) is 2. The molecule has 0 aliphatic carbocycles. The van der Waals surface area contributed by atoms with Crippen molar-refractivity contribution >= 4 is 16.8 Å². The Morgan fingerprint density at radius 3 is 2.50 bits per heavy atom. The van der Waals surface area contributed by atoms with Gasteiger partial charge in [0.05, 0.1) is 7.11 Å². The first kappa shape index (κ1) is 18.1. The molecule has 0 fully saturated rings. The van der Waals surface area contributed by atoms with Gasteiger partial charge in [0.15, 0.2) is 0 Å². The fourth-order valence-electron chi connectivity index (χ4n) is 3.26. The first-order valence-electron chi connectivity index (χ1n) is 9.03. The Balaban J connectivity index is 2.05. The van der Waals surface area contributed by atoms with E-state index < -0.39 is 0 Å². The molecule has 26 heavy (non-hydrogen) atoms. The zero-order chi connectivity index (χ0) is 18.7. The summed E-state index contributed by atoms with van der Waals surface area (Å²) in [4.78, 5) is 14.8. The van der Waals surface area contributed by atoms with E-state index in [1.807, 2.05) is 12.1 Å².